The van der Waals surface area contributed by atoms with Gasteiger partial charge in [-0.25, -0.2) is 0 Å². The fourth-order valence-electron chi connectivity index (χ4n) is 2.49. The molecule has 1 aliphatic heterocycles. The van der Waals surface area contributed by atoms with Crippen LogP contribution < -0.4 is 15.4 Å². The van der Waals surface area contributed by atoms with Gasteiger partial charge in [0.15, 0.2) is 0 Å². The molecule has 2 rings (SSSR count). The van der Waals surface area contributed by atoms with Crippen LogP contribution in [0.4, 0.5) is 0 Å². The number of hydrogen-bond acceptors (Lipinski definition) is 4. The second-order valence-electron chi connectivity index (χ2n) is 5.37. The van der Waals surface area contributed by atoms with E-state index in [-0.39, 0.29) is 17.9 Å². The zero-order valence-electron chi connectivity index (χ0n) is 13.1. The number of methoxy groups -OCH3 is 1. The molecule has 1 fully saturated rings. The van der Waals surface area contributed by atoms with E-state index in [9.17, 15) is 9.59 Å². The largest absolute Gasteiger partial charge is 0.497 e. The quantitative estimate of drug-likeness (QED) is 0.770. The maximum absolute atomic E-state index is 12.3. The van der Waals surface area contributed by atoms with Gasteiger partial charge in [0.05, 0.1) is 7.11 Å². The Labute approximate surface area is 130 Å². The van der Waals surface area contributed by atoms with Crippen molar-refractivity contribution in [1.82, 2.24) is 15.5 Å². The first-order valence-corrected chi connectivity index (χ1v) is 7.49. The van der Waals surface area contributed by atoms with E-state index < -0.39 is 0 Å². The number of nitrogens with zero attached hydrogens (tertiary/aromatic N) is 1. The van der Waals surface area contributed by atoms with Crippen molar-refractivity contribution >= 4 is 11.8 Å². The molecule has 22 heavy (non-hydrogen) atoms. The van der Waals surface area contributed by atoms with Crippen LogP contribution >= 0.6 is 0 Å². The van der Waals surface area contributed by atoms with E-state index in [0.29, 0.717) is 32.5 Å². The molecule has 0 radical (unpaired) electrons. The van der Waals surface area contributed by atoms with E-state index in [1.54, 1.807) is 19.1 Å². The molecule has 6 heteroatoms. The molecule has 120 valence electrons. The van der Waals surface area contributed by atoms with Crippen molar-refractivity contribution in [3.8, 4) is 5.75 Å². The Kier molecular flexibility index (Phi) is 5.77. The molecule has 1 aliphatic rings. The van der Waals surface area contributed by atoms with Gasteiger partial charge in [0, 0.05) is 26.1 Å². The first kappa shape index (κ1) is 16.3. The predicted molar refractivity (Wildman–Crippen MR) is 83.5 cm³/mol. The lowest BCUT2D eigenvalue weighted by molar-refractivity contribution is -0.133. The summed E-state index contributed by atoms with van der Waals surface area (Å²) in [4.78, 5) is 25.8. The minimum Gasteiger partial charge on any atom is -0.497 e. The van der Waals surface area contributed by atoms with E-state index in [1.165, 1.54) is 0 Å². The van der Waals surface area contributed by atoms with Gasteiger partial charge in [0.2, 0.25) is 11.8 Å². The van der Waals surface area contributed by atoms with Crippen LogP contribution in [0.1, 0.15) is 18.4 Å². The van der Waals surface area contributed by atoms with E-state index >= 15 is 0 Å². The maximum Gasteiger partial charge on any atom is 0.245 e. The Hall–Kier alpha value is -2.08. The van der Waals surface area contributed by atoms with Crippen molar-refractivity contribution in [3.63, 3.8) is 0 Å². The summed E-state index contributed by atoms with van der Waals surface area (Å²) in [5.41, 5.74) is 1.05. The van der Waals surface area contributed by atoms with Gasteiger partial charge in [-0.1, -0.05) is 12.1 Å². The number of hydrogen-bond donors (Lipinski definition) is 2. The Bertz CT molecular complexity index is 516. The second-order valence-corrected chi connectivity index (χ2v) is 5.37. The lowest BCUT2D eigenvalue weighted by atomic mass is 10.2. The van der Waals surface area contributed by atoms with Crippen molar-refractivity contribution in [1.29, 1.82) is 0 Å². The zero-order chi connectivity index (χ0) is 15.9. The van der Waals surface area contributed by atoms with Gasteiger partial charge in [-0.15, -0.1) is 0 Å². The number of amides is 2. The van der Waals surface area contributed by atoms with Gasteiger partial charge in [-0.3, -0.25) is 9.59 Å². The highest BCUT2D eigenvalue weighted by Gasteiger charge is 2.32. The summed E-state index contributed by atoms with van der Waals surface area (Å²) >= 11 is 0. The van der Waals surface area contributed by atoms with Crippen LogP contribution in [0.2, 0.25) is 0 Å². The van der Waals surface area contributed by atoms with Crippen LogP contribution in [0.5, 0.6) is 5.75 Å². The number of rotatable bonds is 7. The molecule has 1 aromatic rings. The lowest BCUT2D eigenvalue weighted by Gasteiger charge is -2.17. The Balaban J connectivity index is 1.86. The van der Waals surface area contributed by atoms with E-state index in [1.807, 2.05) is 24.3 Å². The predicted octanol–water partition coefficient (Wildman–Crippen LogP) is 0.522. The Morgan fingerprint density at radius 3 is 2.73 bits per heavy atom. The molecule has 6 nitrogen and oxygen atoms in total. The molecule has 1 atom stereocenters. The molecule has 0 aliphatic carbocycles. The molecule has 1 unspecified atom stereocenters. The number of carbonyl (C=O) groups excluding carboxylic acids is 2. The molecule has 0 saturated carbocycles. The maximum atomic E-state index is 12.3. The summed E-state index contributed by atoms with van der Waals surface area (Å²) in [5.74, 6) is 0.707. The standard InChI is InChI=1S/C16H23N3O3/c1-17-9-7-15(20)18-14-8-10-19(16(14)21)11-12-3-5-13(22-2)6-4-12/h3-6,14,17H,7-11H2,1-2H3,(H,18,20). The van der Waals surface area contributed by atoms with Gasteiger partial charge in [0.25, 0.3) is 0 Å². The van der Waals surface area contributed by atoms with Gasteiger partial charge in [-0.2, -0.15) is 0 Å². The third-order valence-electron chi connectivity index (χ3n) is 3.77. The summed E-state index contributed by atoms with van der Waals surface area (Å²) in [5, 5.41) is 5.73. The summed E-state index contributed by atoms with van der Waals surface area (Å²) in [6.45, 7) is 1.84. The first-order valence-electron chi connectivity index (χ1n) is 7.49. The highest BCUT2D eigenvalue weighted by atomic mass is 16.5. The molecular formula is C16H23N3O3. The highest BCUT2D eigenvalue weighted by molar-refractivity contribution is 5.89. The molecule has 1 saturated heterocycles. The van der Waals surface area contributed by atoms with Gasteiger partial charge >= 0.3 is 0 Å². The number of likely N-dealkylation sites (tertiary alicyclic amines) is 1. The number of ether oxygens (including phenoxy) is 1. The molecule has 1 heterocycles. The molecule has 0 spiro atoms. The van der Waals surface area contributed by atoms with Crippen molar-refractivity contribution in [2.24, 2.45) is 0 Å². The summed E-state index contributed by atoms with van der Waals surface area (Å²) in [6, 6.07) is 7.28. The van der Waals surface area contributed by atoms with Crippen LogP contribution in [0.3, 0.4) is 0 Å². The number of carbonyl (C=O) groups is 2. The molecular weight excluding hydrogens is 282 g/mol. The average molecular weight is 305 g/mol. The Morgan fingerprint density at radius 2 is 2.09 bits per heavy atom. The lowest BCUT2D eigenvalue weighted by Crippen LogP contribution is -2.41. The third kappa shape index (κ3) is 4.21. The Morgan fingerprint density at radius 1 is 1.36 bits per heavy atom. The summed E-state index contributed by atoms with van der Waals surface area (Å²) in [7, 11) is 3.42. The molecule has 2 N–H and O–H groups in total. The third-order valence-corrected chi connectivity index (χ3v) is 3.77. The van der Waals surface area contributed by atoms with Crippen LogP contribution in [0.25, 0.3) is 0 Å². The van der Waals surface area contributed by atoms with E-state index in [4.69, 9.17) is 4.74 Å². The number of nitrogens with one attached hydrogen (secondary N) is 2. The van der Waals surface area contributed by atoms with Crippen LogP contribution in [-0.4, -0.2) is 50.0 Å². The minimum atomic E-state index is -0.386. The SMILES string of the molecule is CNCCC(=O)NC1CCN(Cc2ccc(OC)cc2)C1=O. The molecule has 0 bridgehead atoms. The van der Waals surface area contributed by atoms with Crippen LogP contribution in [0.15, 0.2) is 24.3 Å². The number of benzene rings is 1. The topological polar surface area (TPSA) is 70.7 Å². The van der Waals surface area contributed by atoms with Gasteiger partial charge < -0.3 is 20.3 Å². The van der Waals surface area contributed by atoms with Crippen LogP contribution in [0, 0.1) is 0 Å². The molecule has 1 aromatic carbocycles. The second kappa shape index (κ2) is 7.79. The first-order chi connectivity index (χ1) is 10.6. The zero-order valence-corrected chi connectivity index (χ0v) is 13.1. The summed E-state index contributed by atoms with van der Waals surface area (Å²) in [6.07, 6.45) is 1.05. The normalized spacial score (nSPS) is 17.6. The minimum absolute atomic E-state index is 0.00590. The highest BCUT2D eigenvalue weighted by Crippen LogP contribution is 2.17. The van der Waals surface area contributed by atoms with Gasteiger partial charge in [0.1, 0.15) is 11.8 Å². The molecule has 0 aromatic heterocycles. The molecule has 2 amide bonds. The average Bonchev–Trinajstić information content (AvgIpc) is 2.87. The van der Waals surface area contributed by atoms with Crippen LogP contribution in [-0.2, 0) is 16.1 Å². The fourth-order valence-corrected chi connectivity index (χ4v) is 2.49. The van der Waals surface area contributed by atoms with E-state index in [0.717, 1.165) is 11.3 Å². The van der Waals surface area contributed by atoms with E-state index in [2.05, 4.69) is 10.6 Å². The fraction of sp³-hybridized carbons (Fsp3) is 0.500. The van der Waals surface area contributed by atoms with Crippen molar-refractivity contribution in [3.05, 3.63) is 29.8 Å². The smallest absolute Gasteiger partial charge is 0.245 e. The van der Waals surface area contributed by atoms with Crippen molar-refractivity contribution < 1.29 is 14.3 Å². The van der Waals surface area contributed by atoms with Gasteiger partial charge in [-0.05, 0) is 31.2 Å². The monoisotopic (exact) mass is 305 g/mol. The summed E-state index contributed by atoms with van der Waals surface area (Å²) < 4.78 is 5.12. The van der Waals surface area contributed by atoms with Crippen molar-refractivity contribution in [2.45, 2.75) is 25.4 Å². The van der Waals surface area contributed by atoms with Crippen molar-refractivity contribution in [2.75, 3.05) is 27.2 Å².